The van der Waals surface area contributed by atoms with E-state index in [4.69, 9.17) is 15.2 Å². The average Bonchev–Trinajstić information content (AvgIpc) is 3.44. The number of rotatable bonds is 12. The third kappa shape index (κ3) is 7.15. The van der Waals surface area contributed by atoms with E-state index in [1.165, 1.54) is 11.3 Å². The van der Waals surface area contributed by atoms with Gasteiger partial charge in [0.25, 0.3) is 11.5 Å². The van der Waals surface area contributed by atoms with E-state index in [2.05, 4.69) is 20.3 Å². The van der Waals surface area contributed by atoms with Gasteiger partial charge in [0.05, 0.1) is 23.5 Å². The highest BCUT2D eigenvalue weighted by molar-refractivity contribution is 7.14. The number of nitrogens with zero attached hydrogens (tertiary/aromatic N) is 1. The van der Waals surface area contributed by atoms with E-state index in [1.54, 1.807) is 26.0 Å². The molecule has 35 heavy (non-hydrogen) atoms. The smallest absolute Gasteiger partial charge is 0.328 e. The molecule has 5 N–H and O–H groups in total. The maximum Gasteiger partial charge on any atom is 0.328 e. The van der Waals surface area contributed by atoms with Crippen molar-refractivity contribution in [1.82, 2.24) is 20.3 Å². The molecule has 0 aliphatic rings. The van der Waals surface area contributed by atoms with Crippen LogP contribution in [0.1, 0.15) is 53.4 Å². The predicted octanol–water partition coefficient (Wildman–Crippen LogP) is 2.07. The monoisotopic (exact) mass is 503 g/mol. The number of carbonyl (C=O) groups is 3. The molecule has 0 saturated carbocycles. The molecule has 0 unspecified atom stereocenters. The minimum Gasteiger partial charge on any atom is -0.466 e. The minimum atomic E-state index is -0.940. The van der Waals surface area contributed by atoms with Gasteiger partial charge in [0, 0.05) is 17.0 Å². The number of aryl methyl sites for hydroxylation is 2. The standard InChI is InChI=1S/C23H29N5O6S/c1-3-33-18(29)11-9-16(22(32)34-4-2)26-21(31)17-10-8-14(35-17)7-5-6-13-12-15-19(25-13)27-23(24)28-20(15)30/h8,10,12,16H,3-7,9,11H2,1-2H3,(H,26,31)(H4,24,25,27,28,30)/t16-/m0/s1. The van der Waals surface area contributed by atoms with Crippen molar-refractivity contribution >= 4 is 46.2 Å². The molecular formula is C23H29N5O6S. The molecule has 0 aliphatic heterocycles. The van der Waals surface area contributed by atoms with Gasteiger partial charge in [-0.25, -0.2) is 4.79 Å². The van der Waals surface area contributed by atoms with Gasteiger partial charge in [-0.1, -0.05) is 0 Å². The van der Waals surface area contributed by atoms with Gasteiger partial charge in [-0.2, -0.15) is 4.98 Å². The normalized spacial score (nSPS) is 11.8. The molecule has 0 saturated heterocycles. The first-order chi connectivity index (χ1) is 16.8. The first kappa shape index (κ1) is 25.9. The molecule has 0 radical (unpaired) electrons. The number of aromatic amines is 2. The van der Waals surface area contributed by atoms with Gasteiger partial charge in [-0.3, -0.25) is 19.4 Å². The lowest BCUT2D eigenvalue weighted by atomic mass is 10.1. The summed E-state index contributed by atoms with van der Waals surface area (Å²) in [5.74, 6) is -1.36. The van der Waals surface area contributed by atoms with Gasteiger partial charge < -0.3 is 25.5 Å². The van der Waals surface area contributed by atoms with Crippen molar-refractivity contribution in [2.75, 3.05) is 18.9 Å². The van der Waals surface area contributed by atoms with E-state index in [0.29, 0.717) is 22.3 Å². The number of thiophene rings is 1. The average molecular weight is 504 g/mol. The molecule has 3 aromatic heterocycles. The molecule has 3 heterocycles. The number of nitrogens with two attached hydrogens (primary N) is 1. The molecule has 3 aromatic rings. The van der Waals surface area contributed by atoms with Crippen molar-refractivity contribution in [1.29, 1.82) is 0 Å². The summed E-state index contributed by atoms with van der Waals surface area (Å²) in [5.41, 5.74) is 6.62. The van der Waals surface area contributed by atoms with Gasteiger partial charge in [0.2, 0.25) is 5.95 Å². The fourth-order valence-corrected chi connectivity index (χ4v) is 4.48. The fourth-order valence-electron chi connectivity index (χ4n) is 3.53. The number of fused-ring (bicyclic) bond motifs is 1. The molecule has 0 fully saturated rings. The molecule has 0 aliphatic carbocycles. The summed E-state index contributed by atoms with van der Waals surface area (Å²) < 4.78 is 9.92. The van der Waals surface area contributed by atoms with Crippen molar-refractivity contribution in [3.63, 3.8) is 0 Å². The zero-order chi connectivity index (χ0) is 25.4. The van der Waals surface area contributed by atoms with Crippen molar-refractivity contribution in [2.24, 2.45) is 0 Å². The van der Waals surface area contributed by atoms with E-state index in [0.717, 1.165) is 23.4 Å². The maximum absolute atomic E-state index is 12.7. The maximum atomic E-state index is 12.7. The molecule has 12 heteroatoms. The summed E-state index contributed by atoms with van der Waals surface area (Å²) in [6, 6.07) is 4.40. The van der Waals surface area contributed by atoms with Crippen LogP contribution >= 0.6 is 11.3 Å². The number of carbonyl (C=O) groups excluding carboxylic acids is 3. The van der Waals surface area contributed by atoms with Crippen LogP contribution in [-0.2, 0) is 31.9 Å². The first-order valence-electron chi connectivity index (χ1n) is 11.4. The molecular weight excluding hydrogens is 474 g/mol. The second-order valence-electron chi connectivity index (χ2n) is 7.75. The Labute approximate surface area is 205 Å². The van der Waals surface area contributed by atoms with Crippen LogP contribution in [0, 0.1) is 0 Å². The third-order valence-electron chi connectivity index (χ3n) is 5.14. The number of nitrogens with one attached hydrogen (secondary N) is 3. The number of hydrogen-bond donors (Lipinski definition) is 4. The lowest BCUT2D eigenvalue weighted by Crippen LogP contribution is -2.42. The van der Waals surface area contributed by atoms with Gasteiger partial charge in [-0.05, 0) is 57.7 Å². The summed E-state index contributed by atoms with van der Waals surface area (Å²) >= 11 is 1.34. The summed E-state index contributed by atoms with van der Waals surface area (Å²) in [6.45, 7) is 3.79. The quantitative estimate of drug-likeness (QED) is 0.272. The van der Waals surface area contributed by atoms with E-state index in [-0.39, 0.29) is 37.6 Å². The van der Waals surface area contributed by atoms with Crippen molar-refractivity contribution in [3.05, 3.63) is 44.0 Å². The first-order valence-corrected chi connectivity index (χ1v) is 12.2. The molecule has 11 nitrogen and oxygen atoms in total. The highest BCUT2D eigenvalue weighted by atomic mass is 32.1. The number of esters is 2. The van der Waals surface area contributed by atoms with E-state index >= 15 is 0 Å². The molecule has 1 atom stereocenters. The molecule has 188 valence electrons. The Morgan fingerprint density at radius 2 is 1.91 bits per heavy atom. The number of hydrogen-bond acceptors (Lipinski definition) is 9. The lowest BCUT2D eigenvalue weighted by Gasteiger charge is -2.16. The fraction of sp³-hybridized carbons (Fsp3) is 0.435. The number of nitrogen functional groups attached to an aromatic ring is 1. The van der Waals surface area contributed by atoms with Crippen molar-refractivity contribution in [2.45, 2.75) is 52.0 Å². The van der Waals surface area contributed by atoms with E-state index < -0.39 is 23.9 Å². The van der Waals surface area contributed by atoms with Gasteiger partial charge in [-0.15, -0.1) is 11.3 Å². The Morgan fingerprint density at radius 3 is 2.66 bits per heavy atom. The Morgan fingerprint density at radius 1 is 1.14 bits per heavy atom. The van der Waals surface area contributed by atoms with Crippen LogP contribution in [-0.4, -0.2) is 52.1 Å². The molecule has 0 spiro atoms. The number of H-pyrrole nitrogens is 2. The zero-order valence-electron chi connectivity index (χ0n) is 19.6. The highest BCUT2D eigenvalue weighted by Crippen LogP contribution is 2.20. The van der Waals surface area contributed by atoms with E-state index in [9.17, 15) is 19.2 Å². The Kier molecular flexibility index (Phi) is 9.01. The predicted molar refractivity (Wildman–Crippen MR) is 131 cm³/mol. The van der Waals surface area contributed by atoms with Crippen LogP contribution in [0.4, 0.5) is 5.95 Å². The Bertz CT molecular complexity index is 1250. The lowest BCUT2D eigenvalue weighted by molar-refractivity contribution is -0.146. The largest absolute Gasteiger partial charge is 0.466 e. The topological polar surface area (TPSA) is 169 Å². The third-order valence-corrected chi connectivity index (χ3v) is 6.29. The van der Waals surface area contributed by atoms with Crippen LogP contribution in [0.15, 0.2) is 23.0 Å². The number of ether oxygens (including phenoxy) is 2. The summed E-state index contributed by atoms with van der Waals surface area (Å²) in [4.78, 5) is 59.7. The number of amides is 1. The van der Waals surface area contributed by atoms with Crippen molar-refractivity contribution in [3.8, 4) is 0 Å². The van der Waals surface area contributed by atoms with Crippen LogP contribution in [0.25, 0.3) is 11.0 Å². The molecule has 3 rings (SSSR count). The van der Waals surface area contributed by atoms with Crippen LogP contribution in [0.3, 0.4) is 0 Å². The van der Waals surface area contributed by atoms with Gasteiger partial charge in [0.15, 0.2) is 0 Å². The highest BCUT2D eigenvalue weighted by Gasteiger charge is 2.24. The Balaban J connectivity index is 1.55. The zero-order valence-corrected chi connectivity index (χ0v) is 20.5. The second kappa shape index (κ2) is 12.2. The van der Waals surface area contributed by atoms with Crippen LogP contribution in [0.2, 0.25) is 0 Å². The molecule has 0 bridgehead atoms. The summed E-state index contributed by atoms with van der Waals surface area (Å²) in [5, 5.41) is 3.13. The summed E-state index contributed by atoms with van der Waals surface area (Å²) in [7, 11) is 0. The Hall–Kier alpha value is -3.67. The SMILES string of the molecule is CCOC(=O)CC[C@H](NC(=O)c1ccc(CCCc2cc3c(=O)[nH]c(N)nc3[nH]2)s1)C(=O)OCC. The van der Waals surface area contributed by atoms with Gasteiger partial charge in [0.1, 0.15) is 11.7 Å². The van der Waals surface area contributed by atoms with Gasteiger partial charge >= 0.3 is 11.9 Å². The minimum absolute atomic E-state index is 0.00493. The second-order valence-corrected chi connectivity index (χ2v) is 8.92. The summed E-state index contributed by atoms with van der Waals surface area (Å²) in [6.07, 6.45) is 2.29. The number of anilines is 1. The van der Waals surface area contributed by atoms with E-state index in [1.807, 2.05) is 6.07 Å². The number of aromatic nitrogens is 3. The van der Waals surface area contributed by atoms with Crippen LogP contribution < -0.4 is 16.6 Å². The molecule has 1 amide bonds. The molecule has 0 aromatic carbocycles. The van der Waals surface area contributed by atoms with Crippen LogP contribution in [0.5, 0.6) is 0 Å². The van der Waals surface area contributed by atoms with Crippen molar-refractivity contribution < 1.29 is 23.9 Å².